The van der Waals surface area contributed by atoms with Crippen LogP contribution in [0, 0.1) is 0 Å². The van der Waals surface area contributed by atoms with Crippen LogP contribution in [-0.2, 0) is 11.2 Å². The first-order chi connectivity index (χ1) is 13.9. The lowest BCUT2D eigenvalue weighted by Crippen LogP contribution is -2.40. The summed E-state index contributed by atoms with van der Waals surface area (Å²) in [5, 5.41) is 3.55. The highest BCUT2D eigenvalue weighted by atomic mass is 16.5. The zero-order valence-electron chi connectivity index (χ0n) is 15.8. The summed E-state index contributed by atoms with van der Waals surface area (Å²) in [6, 6.07) is 21.6. The summed E-state index contributed by atoms with van der Waals surface area (Å²) >= 11 is 0. The number of nitrogens with zero attached hydrogens (tertiary/aromatic N) is 3. The van der Waals surface area contributed by atoms with Crippen LogP contribution in [-0.4, -0.2) is 29.7 Å². The van der Waals surface area contributed by atoms with Crippen molar-refractivity contribution in [2.45, 2.75) is 24.9 Å². The maximum absolute atomic E-state index is 5.76. The van der Waals surface area contributed by atoms with Crippen LogP contribution < -0.4 is 10.2 Å². The number of hydrogen-bond donors (Lipinski definition) is 1. The topological polar surface area (TPSA) is 50.3 Å². The Morgan fingerprint density at radius 3 is 2.79 bits per heavy atom. The van der Waals surface area contributed by atoms with Gasteiger partial charge in [-0.05, 0) is 35.6 Å². The molecular weight excluding hydrogens is 348 g/mol. The van der Waals surface area contributed by atoms with Gasteiger partial charge in [0.25, 0.3) is 0 Å². The molecule has 1 fully saturated rings. The van der Waals surface area contributed by atoms with Gasteiger partial charge in [0.15, 0.2) is 0 Å². The molecule has 142 valence electrons. The van der Waals surface area contributed by atoms with Gasteiger partial charge >= 0.3 is 0 Å². The van der Waals surface area contributed by atoms with Crippen molar-refractivity contribution in [3.63, 3.8) is 0 Å². The van der Waals surface area contributed by atoms with Crippen LogP contribution in [0.15, 0.2) is 66.9 Å². The van der Waals surface area contributed by atoms with E-state index in [2.05, 4.69) is 63.7 Å². The lowest BCUT2D eigenvalue weighted by Gasteiger charge is -2.36. The largest absolute Gasteiger partial charge is 0.377 e. The Bertz CT molecular complexity index is 946. The number of aromatic nitrogens is 2. The summed E-state index contributed by atoms with van der Waals surface area (Å²) in [4.78, 5) is 11.7. The second-order valence-corrected chi connectivity index (χ2v) is 7.37. The smallest absolute Gasteiger partial charge is 0.225 e. The minimum atomic E-state index is 0.171. The van der Waals surface area contributed by atoms with E-state index in [0.717, 1.165) is 25.2 Å². The molecule has 2 aliphatic rings. The maximum Gasteiger partial charge on any atom is 0.225 e. The van der Waals surface area contributed by atoms with Gasteiger partial charge < -0.3 is 15.0 Å². The first kappa shape index (κ1) is 17.2. The molecule has 0 spiro atoms. The van der Waals surface area contributed by atoms with Crippen LogP contribution in [0.1, 0.15) is 35.2 Å². The number of morpholine rings is 1. The van der Waals surface area contributed by atoms with Crippen LogP contribution in [0.3, 0.4) is 0 Å². The summed E-state index contributed by atoms with van der Waals surface area (Å²) in [7, 11) is 0. The normalized spacial score (nSPS) is 21.4. The van der Waals surface area contributed by atoms with Gasteiger partial charge in [-0.3, -0.25) is 0 Å². The summed E-state index contributed by atoms with van der Waals surface area (Å²) in [6.45, 7) is 2.21. The van der Waals surface area contributed by atoms with Crippen LogP contribution in [0.25, 0.3) is 0 Å². The van der Waals surface area contributed by atoms with Crippen molar-refractivity contribution in [1.82, 2.24) is 9.97 Å². The van der Waals surface area contributed by atoms with E-state index in [4.69, 9.17) is 9.72 Å². The van der Waals surface area contributed by atoms with Gasteiger partial charge in [0, 0.05) is 12.7 Å². The molecule has 0 saturated carbocycles. The predicted octanol–water partition coefficient (Wildman–Crippen LogP) is 4.15. The molecule has 1 saturated heterocycles. The van der Waals surface area contributed by atoms with E-state index in [0.29, 0.717) is 19.2 Å². The van der Waals surface area contributed by atoms with Crippen LogP contribution in [0.5, 0.6) is 0 Å². The van der Waals surface area contributed by atoms with Crippen molar-refractivity contribution in [2.75, 3.05) is 30.0 Å². The molecule has 5 heteroatoms. The van der Waals surface area contributed by atoms with E-state index >= 15 is 0 Å². The first-order valence-electron chi connectivity index (χ1n) is 9.95. The molecule has 0 amide bonds. The Balaban J connectivity index is 1.39. The molecule has 28 heavy (non-hydrogen) atoms. The molecule has 1 aromatic heterocycles. The minimum Gasteiger partial charge on any atom is -0.377 e. The first-order valence-corrected chi connectivity index (χ1v) is 9.95. The maximum atomic E-state index is 5.76. The highest BCUT2D eigenvalue weighted by molar-refractivity contribution is 5.48. The average Bonchev–Trinajstić information content (AvgIpc) is 3.17. The Labute approximate surface area is 165 Å². The lowest BCUT2D eigenvalue weighted by atomic mass is 10.1. The summed E-state index contributed by atoms with van der Waals surface area (Å²) in [5.41, 5.74) is 4.04. The molecule has 5 nitrogen and oxygen atoms in total. The van der Waals surface area contributed by atoms with Gasteiger partial charge in [0.2, 0.25) is 5.95 Å². The third-order valence-electron chi connectivity index (χ3n) is 5.68. The van der Waals surface area contributed by atoms with E-state index < -0.39 is 0 Å². The molecule has 1 aliphatic carbocycles. The summed E-state index contributed by atoms with van der Waals surface area (Å²) in [6.07, 6.45) is 4.03. The van der Waals surface area contributed by atoms with Crippen molar-refractivity contribution in [3.05, 3.63) is 83.6 Å². The number of hydrogen-bond acceptors (Lipinski definition) is 5. The molecule has 0 radical (unpaired) electrons. The average molecular weight is 372 g/mol. The fraction of sp³-hybridized carbons (Fsp3) is 0.304. The number of benzene rings is 2. The van der Waals surface area contributed by atoms with E-state index in [1.807, 2.05) is 18.3 Å². The van der Waals surface area contributed by atoms with Crippen LogP contribution in [0.2, 0.25) is 0 Å². The molecule has 5 rings (SSSR count). The molecule has 2 heterocycles. The molecule has 1 unspecified atom stereocenters. The number of nitrogens with one attached hydrogen (secondary N) is 1. The second-order valence-electron chi connectivity index (χ2n) is 7.37. The Morgan fingerprint density at radius 1 is 1.00 bits per heavy atom. The Kier molecular flexibility index (Phi) is 4.67. The Morgan fingerprint density at radius 2 is 1.86 bits per heavy atom. The van der Waals surface area contributed by atoms with E-state index in [1.165, 1.54) is 16.7 Å². The van der Waals surface area contributed by atoms with Crippen molar-refractivity contribution in [2.24, 2.45) is 0 Å². The highest BCUT2D eigenvalue weighted by Crippen LogP contribution is 2.34. The molecule has 1 N–H and O–H groups in total. The van der Waals surface area contributed by atoms with Gasteiger partial charge in [-0.2, -0.15) is 4.98 Å². The minimum absolute atomic E-state index is 0.171. The van der Waals surface area contributed by atoms with Gasteiger partial charge in [0.1, 0.15) is 5.82 Å². The summed E-state index contributed by atoms with van der Waals surface area (Å²) < 4.78 is 5.76. The second kappa shape index (κ2) is 7.60. The fourth-order valence-corrected chi connectivity index (χ4v) is 4.27. The zero-order chi connectivity index (χ0) is 18.8. The standard InChI is InChI=1S/C23H24N4O/c1-2-7-18(8-3-1)21-16-28-15-14-27(21)22-12-13-24-23(26-22)25-20-11-10-17-6-4-5-9-19(17)20/h1-9,12-13,20-21H,10-11,14-16H2,(H,24,25,26)/t20?,21-/m0/s1. The zero-order valence-corrected chi connectivity index (χ0v) is 15.8. The predicted molar refractivity (Wildman–Crippen MR) is 111 cm³/mol. The molecule has 2 atom stereocenters. The lowest BCUT2D eigenvalue weighted by molar-refractivity contribution is 0.0937. The van der Waals surface area contributed by atoms with Gasteiger partial charge in [-0.1, -0.05) is 54.6 Å². The van der Waals surface area contributed by atoms with Crippen molar-refractivity contribution in [1.29, 1.82) is 0 Å². The van der Waals surface area contributed by atoms with Crippen molar-refractivity contribution in [3.8, 4) is 0 Å². The third-order valence-corrected chi connectivity index (χ3v) is 5.68. The quantitative estimate of drug-likeness (QED) is 0.745. The van der Waals surface area contributed by atoms with Gasteiger partial charge in [-0.15, -0.1) is 0 Å². The van der Waals surface area contributed by atoms with Crippen LogP contribution in [0.4, 0.5) is 11.8 Å². The van der Waals surface area contributed by atoms with Gasteiger partial charge in [0.05, 0.1) is 25.3 Å². The highest BCUT2D eigenvalue weighted by Gasteiger charge is 2.27. The molecule has 1 aliphatic heterocycles. The number of rotatable bonds is 4. The van der Waals surface area contributed by atoms with Crippen LogP contribution >= 0.6 is 0 Å². The molecule has 2 aromatic carbocycles. The molecule has 0 bridgehead atoms. The molecular formula is C23H24N4O. The van der Waals surface area contributed by atoms with Crippen molar-refractivity contribution >= 4 is 11.8 Å². The Hall–Kier alpha value is -2.92. The van der Waals surface area contributed by atoms with Gasteiger partial charge in [-0.25, -0.2) is 4.98 Å². The third kappa shape index (κ3) is 3.34. The van der Waals surface area contributed by atoms with E-state index in [-0.39, 0.29) is 12.1 Å². The van der Waals surface area contributed by atoms with Crippen molar-refractivity contribution < 1.29 is 4.74 Å². The SMILES string of the molecule is c1ccc([C@@H]2COCCN2c2ccnc(NC3CCc4ccccc43)n2)cc1. The number of aryl methyl sites for hydroxylation is 1. The number of fused-ring (bicyclic) bond motifs is 1. The number of anilines is 2. The fourth-order valence-electron chi connectivity index (χ4n) is 4.27. The monoisotopic (exact) mass is 372 g/mol. The van der Waals surface area contributed by atoms with E-state index in [1.54, 1.807) is 0 Å². The molecule has 3 aromatic rings. The summed E-state index contributed by atoms with van der Waals surface area (Å²) in [5.74, 6) is 1.64. The van der Waals surface area contributed by atoms with E-state index in [9.17, 15) is 0 Å². The number of ether oxygens (including phenoxy) is 1.